The number of rotatable bonds is 5. The van der Waals surface area contributed by atoms with Gasteiger partial charge in [0.1, 0.15) is 11.9 Å². The zero-order chi connectivity index (χ0) is 14.5. The Morgan fingerprint density at radius 1 is 1.65 bits per heavy atom. The van der Waals surface area contributed by atoms with Gasteiger partial charge in [-0.3, -0.25) is 4.79 Å². The van der Waals surface area contributed by atoms with Crippen molar-refractivity contribution >= 4 is 27.5 Å². The van der Waals surface area contributed by atoms with Crippen molar-refractivity contribution in [2.45, 2.75) is 32.0 Å². The highest BCUT2D eigenvalue weighted by Crippen LogP contribution is 2.20. The summed E-state index contributed by atoms with van der Waals surface area (Å²) in [6.45, 7) is 2.77. The van der Waals surface area contributed by atoms with E-state index in [4.69, 9.17) is 9.47 Å². The summed E-state index contributed by atoms with van der Waals surface area (Å²) in [5.74, 6) is -0.854. The van der Waals surface area contributed by atoms with Crippen LogP contribution in [-0.4, -0.2) is 31.3 Å². The molecule has 20 heavy (non-hydrogen) atoms. The number of halogens is 2. The van der Waals surface area contributed by atoms with Crippen LogP contribution in [0.4, 0.5) is 10.1 Å². The molecule has 6 heteroatoms. The number of ether oxygens (including phenoxy) is 2. The van der Waals surface area contributed by atoms with E-state index in [0.717, 1.165) is 19.4 Å². The fraction of sp³-hybridized carbons (Fsp3) is 0.500. The third-order valence-electron chi connectivity index (χ3n) is 3.11. The van der Waals surface area contributed by atoms with Gasteiger partial charge in [0.05, 0.1) is 18.4 Å². The van der Waals surface area contributed by atoms with Crippen LogP contribution in [0.1, 0.15) is 19.8 Å². The summed E-state index contributed by atoms with van der Waals surface area (Å²) in [7, 11) is 0. The summed E-state index contributed by atoms with van der Waals surface area (Å²) in [6, 6.07) is 4.37. The van der Waals surface area contributed by atoms with Gasteiger partial charge in [-0.15, -0.1) is 0 Å². The Morgan fingerprint density at radius 3 is 3.15 bits per heavy atom. The van der Waals surface area contributed by atoms with Gasteiger partial charge in [-0.25, -0.2) is 4.39 Å². The summed E-state index contributed by atoms with van der Waals surface area (Å²) in [4.78, 5) is 11.9. The number of hydrogen-bond acceptors (Lipinski definition) is 3. The third kappa shape index (κ3) is 4.26. The molecule has 1 N–H and O–H groups in total. The van der Waals surface area contributed by atoms with Gasteiger partial charge in [0, 0.05) is 11.1 Å². The summed E-state index contributed by atoms with van der Waals surface area (Å²) in [5, 5.41) is 2.52. The van der Waals surface area contributed by atoms with Crippen molar-refractivity contribution in [2.24, 2.45) is 0 Å². The van der Waals surface area contributed by atoms with E-state index < -0.39 is 11.9 Å². The van der Waals surface area contributed by atoms with Gasteiger partial charge in [0.2, 0.25) is 0 Å². The van der Waals surface area contributed by atoms with E-state index in [-0.39, 0.29) is 17.7 Å². The first-order chi connectivity index (χ1) is 9.56. The predicted molar refractivity (Wildman–Crippen MR) is 77.1 cm³/mol. The van der Waals surface area contributed by atoms with Crippen molar-refractivity contribution in [3.8, 4) is 0 Å². The lowest BCUT2D eigenvalue weighted by molar-refractivity contribution is -0.128. The van der Waals surface area contributed by atoms with E-state index in [1.807, 2.05) is 0 Å². The lowest BCUT2D eigenvalue weighted by Gasteiger charge is -2.16. The Bertz CT molecular complexity index is 477. The molecule has 0 radical (unpaired) electrons. The standard InChI is InChI=1S/C14H17BrFNO3/c1-9(20-8-11-3-2-6-19-11)14(18)17-13-7-10(15)4-5-12(13)16/h4-5,7,9,11H,2-3,6,8H2,1H3,(H,17,18). The Kier molecular flexibility index (Phi) is 5.51. The lowest BCUT2D eigenvalue weighted by Crippen LogP contribution is -2.30. The third-order valence-corrected chi connectivity index (χ3v) is 3.60. The molecule has 1 amide bonds. The molecule has 2 unspecified atom stereocenters. The van der Waals surface area contributed by atoms with E-state index in [2.05, 4.69) is 21.2 Å². The Morgan fingerprint density at radius 2 is 2.45 bits per heavy atom. The molecule has 2 rings (SSSR count). The van der Waals surface area contributed by atoms with Crippen LogP contribution >= 0.6 is 15.9 Å². The molecular formula is C14H17BrFNO3. The highest BCUT2D eigenvalue weighted by molar-refractivity contribution is 9.10. The topological polar surface area (TPSA) is 47.6 Å². The second-order valence-electron chi connectivity index (χ2n) is 4.72. The summed E-state index contributed by atoms with van der Waals surface area (Å²) in [6.07, 6.45) is 1.39. The van der Waals surface area contributed by atoms with Gasteiger partial charge >= 0.3 is 0 Å². The molecule has 110 valence electrons. The van der Waals surface area contributed by atoms with Crippen LogP contribution in [0.25, 0.3) is 0 Å². The SMILES string of the molecule is CC(OCC1CCCO1)C(=O)Nc1cc(Br)ccc1F. The molecule has 1 aliphatic rings. The van der Waals surface area contributed by atoms with Crippen LogP contribution in [-0.2, 0) is 14.3 Å². The molecule has 1 saturated heterocycles. The Balaban J connectivity index is 1.85. The van der Waals surface area contributed by atoms with Gasteiger partial charge in [0.15, 0.2) is 0 Å². The van der Waals surface area contributed by atoms with Crippen molar-refractivity contribution in [1.82, 2.24) is 0 Å². The van der Waals surface area contributed by atoms with E-state index in [0.29, 0.717) is 11.1 Å². The van der Waals surface area contributed by atoms with Crippen LogP contribution in [0.15, 0.2) is 22.7 Å². The molecule has 0 spiro atoms. The molecule has 1 aromatic rings. The average Bonchev–Trinajstić information content (AvgIpc) is 2.93. The minimum Gasteiger partial charge on any atom is -0.376 e. The molecule has 0 bridgehead atoms. The summed E-state index contributed by atoms with van der Waals surface area (Å²) in [5.41, 5.74) is 0.136. The van der Waals surface area contributed by atoms with Crippen molar-refractivity contribution in [2.75, 3.05) is 18.5 Å². The molecule has 2 atom stereocenters. The maximum absolute atomic E-state index is 13.5. The number of nitrogens with one attached hydrogen (secondary N) is 1. The Hall–Kier alpha value is -0.980. The van der Waals surface area contributed by atoms with Crippen LogP contribution in [0.3, 0.4) is 0 Å². The van der Waals surface area contributed by atoms with E-state index in [1.54, 1.807) is 13.0 Å². The number of carbonyl (C=O) groups excluding carboxylic acids is 1. The van der Waals surface area contributed by atoms with Gasteiger partial charge in [-0.05, 0) is 38.0 Å². The van der Waals surface area contributed by atoms with Crippen LogP contribution in [0.2, 0.25) is 0 Å². The predicted octanol–water partition coefficient (Wildman–Crippen LogP) is 3.11. The van der Waals surface area contributed by atoms with Gasteiger partial charge in [-0.2, -0.15) is 0 Å². The summed E-state index contributed by atoms with van der Waals surface area (Å²) < 4.78 is 25.1. The molecule has 1 heterocycles. The van der Waals surface area contributed by atoms with Gasteiger partial charge in [0.25, 0.3) is 5.91 Å². The quantitative estimate of drug-likeness (QED) is 0.891. The van der Waals surface area contributed by atoms with Crippen molar-refractivity contribution in [1.29, 1.82) is 0 Å². The highest BCUT2D eigenvalue weighted by Gasteiger charge is 2.20. The van der Waals surface area contributed by atoms with Crippen molar-refractivity contribution in [3.05, 3.63) is 28.5 Å². The van der Waals surface area contributed by atoms with Crippen LogP contribution in [0, 0.1) is 5.82 Å². The molecular weight excluding hydrogens is 329 g/mol. The zero-order valence-electron chi connectivity index (χ0n) is 11.2. The number of amides is 1. The molecule has 4 nitrogen and oxygen atoms in total. The molecule has 0 saturated carbocycles. The first-order valence-electron chi connectivity index (χ1n) is 6.55. The first-order valence-corrected chi connectivity index (χ1v) is 7.34. The van der Waals surface area contributed by atoms with Crippen LogP contribution in [0.5, 0.6) is 0 Å². The second kappa shape index (κ2) is 7.15. The molecule has 0 aromatic heterocycles. The van der Waals surface area contributed by atoms with Crippen molar-refractivity contribution in [3.63, 3.8) is 0 Å². The van der Waals surface area contributed by atoms with Crippen molar-refractivity contribution < 1.29 is 18.7 Å². The highest BCUT2D eigenvalue weighted by atomic mass is 79.9. The van der Waals surface area contributed by atoms with E-state index in [1.165, 1.54) is 12.1 Å². The smallest absolute Gasteiger partial charge is 0.253 e. The Labute approximate surface area is 125 Å². The van der Waals surface area contributed by atoms with E-state index in [9.17, 15) is 9.18 Å². The zero-order valence-corrected chi connectivity index (χ0v) is 12.8. The maximum atomic E-state index is 13.5. The first kappa shape index (κ1) is 15.4. The number of hydrogen-bond donors (Lipinski definition) is 1. The minimum absolute atomic E-state index is 0.0628. The number of carbonyl (C=O) groups is 1. The second-order valence-corrected chi connectivity index (χ2v) is 5.64. The minimum atomic E-state index is -0.655. The fourth-order valence-corrected chi connectivity index (χ4v) is 2.29. The van der Waals surface area contributed by atoms with Gasteiger partial charge < -0.3 is 14.8 Å². The monoisotopic (exact) mass is 345 g/mol. The fourth-order valence-electron chi connectivity index (χ4n) is 1.93. The summed E-state index contributed by atoms with van der Waals surface area (Å²) >= 11 is 3.23. The normalized spacial score (nSPS) is 19.9. The van der Waals surface area contributed by atoms with Crippen LogP contribution < -0.4 is 5.32 Å². The number of benzene rings is 1. The maximum Gasteiger partial charge on any atom is 0.253 e. The lowest BCUT2D eigenvalue weighted by atomic mass is 10.2. The number of anilines is 1. The largest absolute Gasteiger partial charge is 0.376 e. The molecule has 0 aliphatic carbocycles. The molecule has 1 aliphatic heterocycles. The van der Waals surface area contributed by atoms with E-state index >= 15 is 0 Å². The average molecular weight is 346 g/mol. The molecule has 1 fully saturated rings. The molecule has 1 aromatic carbocycles. The van der Waals surface area contributed by atoms with Gasteiger partial charge in [-0.1, -0.05) is 15.9 Å².